The van der Waals surface area contributed by atoms with E-state index >= 15 is 0 Å². The Morgan fingerprint density at radius 1 is 0.703 bits per heavy atom. The Hall–Kier alpha value is -2.24. The molecule has 0 radical (unpaired) electrons. The predicted molar refractivity (Wildman–Crippen MR) is 243 cm³/mol. The Balaban J connectivity index is 1.78. The number of nitrogens with zero attached hydrogens (tertiary/aromatic N) is 2. The van der Waals surface area contributed by atoms with Crippen molar-refractivity contribution < 1.29 is 66.3 Å². The number of aliphatic hydroxyl groups is 2. The molecule has 20 heteroatoms. The number of unbranched alkanes of at least 4 members (excludes halogenated alkanes) is 18. The van der Waals surface area contributed by atoms with E-state index in [0.717, 1.165) is 68.3 Å². The number of nitrogens with two attached hydrogens (primary N) is 1. The summed E-state index contributed by atoms with van der Waals surface area (Å²) in [7, 11) is -10.8. The van der Waals surface area contributed by atoms with E-state index in [1.54, 1.807) is 0 Å². The molecule has 2 heterocycles. The fraction of sp³-hybridized carbons (Fsp3) is 0.864. The lowest BCUT2D eigenvalue weighted by molar-refractivity contribution is -0.161. The van der Waals surface area contributed by atoms with Crippen LogP contribution in [0.4, 0.5) is 5.82 Å². The normalized spacial score (nSPS) is 20.0. The van der Waals surface area contributed by atoms with Crippen LogP contribution in [-0.4, -0.2) is 85.7 Å². The Bertz CT molecular complexity index is 1600. The zero-order valence-electron chi connectivity index (χ0n) is 38.9. The minimum absolute atomic E-state index is 0.0518. The highest BCUT2D eigenvalue weighted by Crippen LogP contribution is 2.60. The van der Waals surface area contributed by atoms with E-state index in [4.69, 9.17) is 29.0 Å². The molecule has 1 aromatic rings. The molecule has 372 valence electrons. The molecule has 1 aliphatic rings. The second-order valence-corrected chi connectivity index (χ2v) is 21.0. The van der Waals surface area contributed by atoms with Crippen molar-refractivity contribution in [2.45, 2.75) is 212 Å². The number of nitrogen functional groups attached to an aromatic ring is 1. The molecule has 6 N–H and O–H groups in total. The average Bonchev–Trinajstić information content (AvgIpc) is 3.50. The van der Waals surface area contributed by atoms with Crippen LogP contribution in [0.15, 0.2) is 17.1 Å². The Morgan fingerprint density at radius 3 is 1.64 bits per heavy atom. The predicted octanol–water partition coefficient (Wildman–Crippen LogP) is 8.82. The van der Waals surface area contributed by atoms with Gasteiger partial charge in [-0.3, -0.25) is 23.2 Å². The van der Waals surface area contributed by atoms with E-state index in [9.17, 15) is 43.5 Å². The summed E-state index contributed by atoms with van der Waals surface area (Å²) in [5.41, 5.74) is 4.58. The van der Waals surface area contributed by atoms with Crippen LogP contribution in [0.3, 0.4) is 0 Å². The van der Waals surface area contributed by atoms with Crippen molar-refractivity contribution >= 4 is 33.4 Å². The summed E-state index contributed by atoms with van der Waals surface area (Å²) in [6, 6.07) is 1.25. The molecule has 0 aliphatic carbocycles. The van der Waals surface area contributed by atoms with Gasteiger partial charge in [-0.05, 0) is 30.7 Å². The Kier molecular flexibility index (Phi) is 29.4. The van der Waals surface area contributed by atoms with E-state index in [2.05, 4.69) is 37.0 Å². The fourth-order valence-corrected chi connectivity index (χ4v) is 9.44. The van der Waals surface area contributed by atoms with Crippen LogP contribution in [0.5, 0.6) is 0 Å². The summed E-state index contributed by atoms with van der Waals surface area (Å²) >= 11 is 0. The summed E-state index contributed by atoms with van der Waals surface area (Å²) in [6.07, 6.45) is 18.2. The van der Waals surface area contributed by atoms with Gasteiger partial charge < -0.3 is 39.9 Å². The third kappa shape index (κ3) is 26.8. The van der Waals surface area contributed by atoms with E-state index in [0.29, 0.717) is 18.8 Å². The number of phosphoric acid groups is 2. The number of ether oxygens (including phenoxy) is 3. The average molecular weight is 954 g/mol. The summed E-state index contributed by atoms with van der Waals surface area (Å²) < 4.78 is 56.6. The van der Waals surface area contributed by atoms with Crippen LogP contribution in [-0.2, 0) is 46.3 Å². The number of carbonyl (C=O) groups excluding carboxylic acids is 2. The SMILES string of the molecule is CC(C)CCCCCCCCCCCCCCCCC(=O)OC[C@H](COP(=O)(O)OP(=O)(O)OC[C@H]1O[C@@H](n2ccc(N)nc2=O)C(O)[C@H]1O)OC(=O)CCCCCCCCC(C)C. The van der Waals surface area contributed by atoms with Gasteiger partial charge in [0, 0.05) is 19.0 Å². The van der Waals surface area contributed by atoms with Gasteiger partial charge in [-0.1, -0.05) is 156 Å². The zero-order valence-corrected chi connectivity index (χ0v) is 40.7. The number of hydrogen-bond acceptors (Lipinski definition) is 15. The Labute approximate surface area is 380 Å². The lowest BCUT2D eigenvalue weighted by atomic mass is 10.0. The number of esters is 2. The highest BCUT2D eigenvalue weighted by Gasteiger charge is 2.46. The largest absolute Gasteiger partial charge is 0.481 e. The quantitative estimate of drug-likeness (QED) is 0.0235. The van der Waals surface area contributed by atoms with Gasteiger partial charge in [-0.15, -0.1) is 0 Å². The highest BCUT2D eigenvalue weighted by atomic mass is 31.3. The number of rotatable bonds is 38. The maximum atomic E-state index is 12.8. The van der Waals surface area contributed by atoms with Gasteiger partial charge in [-0.2, -0.15) is 9.29 Å². The Morgan fingerprint density at radius 2 is 1.16 bits per heavy atom. The summed E-state index contributed by atoms with van der Waals surface area (Å²) in [6.45, 7) is 6.66. The lowest BCUT2D eigenvalue weighted by Crippen LogP contribution is -2.36. The van der Waals surface area contributed by atoms with Gasteiger partial charge in [0.25, 0.3) is 0 Å². The van der Waals surface area contributed by atoms with Crippen LogP contribution in [0.1, 0.15) is 188 Å². The van der Waals surface area contributed by atoms with Crippen molar-refractivity contribution in [3.05, 3.63) is 22.7 Å². The molecular weight excluding hydrogens is 872 g/mol. The van der Waals surface area contributed by atoms with Crippen molar-refractivity contribution in [2.24, 2.45) is 11.8 Å². The molecule has 0 spiro atoms. The number of hydrogen-bond donors (Lipinski definition) is 5. The van der Waals surface area contributed by atoms with Gasteiger partial charge in [0.15, 0.2) is 12.3 Å². The van der Waals surface area contributed by atoms with Crippen molar-refractivity contribution in [1.82, 2.24) is 9.55 Å². The van der Waals surface area contributed by atoms with Crippen LogP contribution in [0, 0.1) is 11.8 Å². The van der Waals surface area contributed by atoms with Crippen molar-refractivity contribution in [2.75, 3.05) is 25.6 Å². The van der Waals surface area contributed by atoms with Crippen molar-refractivity contribution in [1.29, 1.82) is 0 Å². The minimum Gasteiger partial charge on any atom is -0.462 e. The standard InChI is InChI=1S/C44H81N3O15P2/c1-34(2)25-21-17-13-11-9-7-5-6-8-10-12-14-19-23-27-39(48)57-31-36(60-40(49)28-24-20-16-15-18-22-26-35(3)4)32-58-63(53,54)62-64(55,56)59-33-37-41(50)42(51)43(61-37)47-30-29-38(45)46-44(47)52/h29-30,34-37,41-43,50-51H,5-28,31-33H2,1-4H3,(H,53,54)(H,55,56)(H2,45,46,52)/t36-,37-,41+,42?,43-/m1/s1. The smallest absolute Gasteiger partial charge is 0.462 e. The maximum Gasteiger partial charge on any atom is 0.481 e. The van der Waals surface area contributed by atoms with Gasteiger partial charge in [0.05, 0.1) is 13.2 Å². The fourth-order valence-electron chi connectivity index (χ4n) is 7.33. The molecule has 3 unspecified atom stereocenters. The molecule has 2 rings (SSSR count). The molecule has 1 aromatic heterocycles. The van der Waals surface area contributed by atoms with E-state index in [-0.39, 0.29) is 18.7 Å². The third-order valence-corrected chi connectivity index (χ3v) is 13.6. The van der Waals surface area contributed by atoms with Crippen molar-refractivity contribution in [3.63, 3.8) is 0 Å². The first-order valence-corrected chi connectivity index (χ1v) is 26.8. The van der Waals surface area contributed by atoms with Gasteiger partial charge in [0.2, 0.25) is 0 Å². The molecule has 0 amide bonds. The molecule has 7 atom stereocenters. The van der Waals surface area contributed by atoms with E-state index in [1.807, 2.05) is 0 Å². The molecule has 64 heavy (non-hydrogen) atoms. The molecule has 1 aliphatic heterocycles. The van der Waals surface area contributed by atoms with Gasteiger partial charge in [0.1, 0.15) is 30.7 Å². The number of aliphatic hydroxyl groups excluding tert-OH is 2. The van der Waals surface area contributed by atoms with E-state index < -0.39 is 83.7 Å². The molecule has 0 aromatic carbocycles. The first-order chi connectivity index (χ1) is 30.4. The highest BCUT2D eigenvalue weighted by molar-refractivity contribution is 7.61. The third-order valence-electron chi connectivity index (χ3n) is 11.0. The molecular formula is C44H81N3O15P2. The molecule has 18 nitrogen and oxygen atoms in total. The van der Waals surface area contributed by atoms with Crippen LogP contribution in [0.25, 0.3) is 0 Å². The number of carbonyl (C=O) groups is 2. The lowest BCUT2D eigenvalue weighted by Gasteiger charge is -2.21. The van der Waals surface area contributed by atoms with Crippen LogP contribution < -0.4 is 11.4 Å². The number of phosphoric ester groups is 2. The van der Waals surface area contributed by atoms with Crippen LogP contribution in [0.2, 0.25) is 0 Å². The molecule has 0 saturated carbocycles. The second-order valence-electron chi connectivity index (χ2n) is 17.9. The van der Waals surface area contributed by atoms with Crippen molar-refractivity contribution in [3.8, 4) is 0 Å². The molecule has 0 bridgehead atoms. The summed E-state index contributed by atoms with van der Waals surface area (Å²) in [5, 5.41) is 20.9. The second kappa shape index (κ2) is 32.5. The topological polar surface area (TPSA) is 265 Å². The first kappa shape index (κ1) is 57.9. The summed E-state index contributed by atoms with van der Waals surface area (Å²) in [5.74, 6) is 0.170. The summed E-state index contributed by atoms with van der Waals surface area (Å²) in [4.78, 5) is 61.6. The van der Waals surface area contributed by atoms with Gasteiger partial charge in [-0.25, -0.2) is 13.9 Å². The van der Waals surface area contributed by atoms with Crippen LogP contribution >= 0.6 is 15.6 Å². The molecule has 1 fully saturated rings. The zero-order chi connectivity index (χ0) is 47.4. The van der Waals surface area contributed by atoms with E-state index in [1.165, 1.54) is 82.9 Å². The molecule has 1 saturated heterocycles. The number of anilines is 1. The first-order valence-electron chi connectivity index (χ1n) is 23.8. The van der Waals surface area contributed by atoms with Gasteiger partial charge >= 0.3 is 33.3 Å². The minimum atomic E-state index is -5.41. The monoisotopic (exact) mass is 954 g/mol. The number of aromatic nitrogens is 2. The maximum absolute atomic E-state index is 12.8.